The predicted molar refractivity (Wildman–Crippen MR) is 146 cm³/mol. The maximum atomic E-state index is 11.6. The van der Waals surface area contributed by atoms with Gasteiger partial charge in [-0.05, 0) is 0 Å². The zero-order valence-electron chi connectivity index (χ0n) is 26.7. The average molecular weight is 813 g/mol. The van der Waals surface area contributed by atoms with E-state index in [2.05, 4.69) is 8.37 Å². The number of ether oxygens (including phenoxy) is 9. The van der Waals surface area contributed by atoms with Gasteiger partial charge in [0.1, 0.15) is 97.7 Å². The summed E-state index contributed by atoms with van der Waals surface area (Å²) in [4.78, 5) is 0. The summed E-state index contributed by atoms with van der Waals surface area (Å²) in [7, 11) is -10.8. The van der Waals surface area contributed by atoms with Crippen LogP contribution in [0.15, 0.2) is 0 Å². The molecule has 28 heteroatoms. The maximum absolute atomic E-state index is 11.6. The minimum absolute atomic E-state index is 0. The second kappa shape index (κ2) is 16.9. The smallest absolute Gasteiger partial charge is 0.726 e. The van der Waals surface area contributed by atoms with Crippen molar-refractivity contribution >= 4 is 20.8 Å². The second-order valence-electron chi connectivity index (χ2n) is 12.4. The molecule has 0 radical (unpaired) electrons. The Balaban J connectivity index is 0.00000523. The van der Waals surface area contributed by atoms with Crippen LogP contribution < -0.4 is 29.6 Å². The van der Waals surface area contributed by atoms with E-state index in [9.17, 15) is 66.8 Å². The van der Waals surface area contributed by atoms with Crippen molar-refractivity contribution in [2.75, 3.05) is 26.4 Å². The van der Waals surface area contributed by atoms with Crippen LogP contribution in [0.1, 0.15) is 0 Å². The molecule has 6 rings (SSSR count). The molecule has 52 heavy (non-hydrogen) atoms. The standard InChI is InChI=1S/C24H38O25S2.Na/c25-1-5-15(48-50(33,34)35)19(10(28)21(32)41-5)46-23-12(30)18-14(8(44-23)4-40-18)45-24-13(31)20(16(6(2-26)42-24)49-51(36,37)38)47-22-11(29)17-9(27)7(43-22)3-39-17;/h5-32H,1-4H2,(H,33,34,35)(H,36,37,38);/q;+1/p-1/t5-,6-,7-,8-,9?,10-,11-,12-,13-,14?,15+,16+,17+,18-,19-,20-,21-,22-,23-,24+;/m1./s1. The minimum atomic E-state index is -5.54. The Labute approximate surface area is 316 Å². The number of hydrogen-bond donors (Lipinski definition) is 9. The molecule has 25 nitrogen and oxygen atoms in total. The van der Waals surface area contributed by atoms with Gasteiger partial charge in [-0.3, -0.25) is 8.74 Å². The molecule has 0 aromatic heterocycles. The van der Waals surface area contributed by atoms with Gasteiger partial charge in [0.25, 0.3) is 0 Å². The first-order valence-corrected chi connectivity index (χ1v) is 18.0. The Morgan fingerprint density at radius 2 is 1.06 bits per heavy atom. The number of rotatable bonds is 12. The zero-order chi connectivity index (χ0) is 37.2. The molecule has 0 aromatic carbocycles. The van der Waals surface area contributed by atoms with E-state index < -0.39 is 157 Å². The summed E-state index contributed by atoms with van der Waals surface area (Å²) in [6, 6.07) is 0. The number of aliphatic hydroxyl groups is 8. The molecule has 0 aliphatic carbocycles. The summed E-state index contributed by atoms with van der Waals surface area (Å²) in [5.41, 5.74) is 0. The molecule has 6 saturated heterocycles. The molecule has 0 amide bonds. The fourth-order valence-electron chi connectivity index (χ4n) is 6.75. The van der Waals surface area contributed by atoms with Crippen molar-refractivity contribution in [1.82, 2.24) is 0 Å². The van der Waals surface area contributed by atoms with E-state index in [1.54, 1.807) is 0 Å². The summed E-state index contributed by atoms with van der Waals surface area (Å²) in [6.45, 7) is -2.51. The first-order valence-electron chi connectivity index (χ1n) is 15.3. The summed E-state index contributed by atoms with van der Waals surface area (Å²) in [5, 5.41) is 83.6. The van der Waals surface area contributed by atoms with Crippen molar-refractivity contribution in [2.24, 2.45) is 0 Å². The molecule has 4 bridgehead atoms. The molecule has 296 valence electrons. The van der Waals surface area contributed by atoms with Crippen LogP contribution in [-0.4, -0.2) is 216 Å². The summed E-state index contributed by atoms with van der Waals surface area (Å²) >= 11 is 0. The topological polar surface area (TPSA) is 375 Å². The van der Waals surface area contributed by atoms with Crippen LogP contribution in [-0.2, 0) is 71.8 Å². The SMILES string of the molecule is O=S(=O)([O-])O[C@@H]1[C@H](O[C@H]2O[C@@H]3CO[C@@H](C3O)[C@H]2O)[C@@H](O)[C@H](OC2[C@H]3CO[C@@H]2[C@@H](O)[C@@H](O[C@@H]2[C@@H](O)[C@H](O)O[C@H](CO)[C@@H]2OS(=O)(=O)O)O3)O[C@@H]1CO.[Na+]. The van der Waals surface area contributed by atoms with E-state index in [1.807, 2.05) is 0 Å². The molecule has 6 aliphatic heterocycles. The third kappa shape index (κ3) is 8.95. The summed E-state index contributed by atoms with van der Waals surface area (Å²) < 4.78 is 126. The van der Waals surface area contributed by atoms with Gasteiger partial charge in [-0.25, -0.2) is 12.6 Å². The Kier molecular flexibility index (Phi) is 14.0. The average Bonchev–Trinajstić information content (AvgIpc) is 3.50. The Hall–Kier alpha value is 0.0600. The van der Waals surface area contributed by atoms with Crippen LogP contribution in [0.3, 0.4) is 0 Å². The van der Waals surface area contributed by atoms with Crippen molar-refractivity contribution in [1.29, 1.82) is 0 Å². The second-order valence-corrected chi connectivity index (χ2v) is 14.4. The molecule has 0 saturated carbocycles. The van der Waals surface area contributed by atoms with E-state index in [0.717, 1.165) is 0 Å². The Morgan fingerprint density at radius 1 is 0.577 bits per heavy atom. The van der Waals surface area contributed by atoms with Gasteiger partial charge in [0.15, 0.2) is 25.2 Å². The molecule has 6 aliphatic rings. The van der Waals surface area contributed by atoms with Gasteiger partial charge in [-0.15, -0.1) is 0 Å². The third-order valence-corrected chi connectivity index (χ3v) is 10.0. The van der Waals surface area contributed by atoms with Gasteiger partial charge in [-0.2, -0.15) is 8.42 Å². The number of hydrogen-bond acceptors (Lipinski definition) is 24. The zero-order valence-corrected chi connectivity index (χ0v) is 30.4. The molecular weight excluding hydrogens is 775 g/mol. The Bertz CT molecular complexity index is 1430. The predicted octanol–water partition coefficient (Wildman–Crippen LogP) is -11.3. The van der Waals surface area contributed by atoms with Crippen LogP contribution in [0, 0.1) is 0 Å². The first-order chi connectivity index (χ1) is 23.9. The Morgan fingerprint density at radius 3 is 1.65 bits per heavy atom. The first kappa shape index (κ1) is 43.2. The largest absolute Gasteiger partial charge is 1.00 e. The van der Waals surface area contributed by atoms with Crippen LogP contribution in [0.4, 0.5) is 0 Å². The summed E-state index contributed by atoms with van der Waals surface area (Å²) in [6.07, 6.45) is -34.0. The number of fused-ring (bicyclic) bond motifs is 4. The molecule has 2 unspecified atom stereocenters. The molecule has 0 aromatic rings. The van der Waals surface area contributed by atoms with Crippen molar-refractivity contribution < 1.29 is 147 Å². The quantitative estimate of drug-likeness (QED) is 0.0502. The molecule has 6 fully saturated rings. The minimum Gasteiger partial charge on any atom is -0.726 e. The van der Waals surface area contributed by atoms with E-state index in [0.29, 0.717) is 0 Å². The molecule has 20 atom stereocenters. The van der Waals surface area contributed by atoms with Gasteiger partial charge in [-0.1, -0.05) is 0 Å². The van der Waals surface area contributed by atoms with Crippen LogP contribution >= 0.6 is 0 Å². The van der Waals surface area contributed by atoms with E-state index in [4.69, 9.17) is 42.6 Å². The van der Waals surface area contributed by atoms with Gasteiger partial charge in [0.2, 0.25) is 10.4 Å². The van der Waals surface area contributed by atoms with Crippen LogP contribution in [0.2, 0.25) is 0 Å². The summed E-state index contributed by atoms with van der Waals surface area (Å²) in [5.74, 6) is 0. The molecule has 0 spiro atoms. The van der Waals surface area contributed by atoms with Crippen molar-refractivity contribution in [3.8, 4) is 0 Å². The van der Waals surface area contributed by atoms with Crippen LogP contribution in [0.5, 0.6) is 0 Å². The van der Waals surface area contributed by atoms with Gasteiger partial charge in [0.05, 0.1) is 26.4 Å². The van der Waals surface area contributed by atoms with Gasteiger partial charge < -0.3 is 88.0 Å². The van der Waals surface area contributed by atoms with Gasteiger partial charge in [0, 0.05) is 0 Å². The van der Waals surface area contributed by atoms with Crippen molar-refractivity contribution in [2.45, 2.75) is 123 Å². The normalized spacial score (nSPS) is 49.4. The fourth-order valence-corrected chi connectivity index (χ4v) is 7.77. The monoisotopic (exact) mass is 812 g/mol. The van der Waals surface area contributed by atoms with Crippen molar-refractivity contribution in [3.63, 3.8) is 0 Å². The molecule has 9 N–H and O–H groups in total. The van der Waals surface area contributed by atoms with E-state index in [-0.39, 0.29) is 42.8 Å². The third-order valence-electron chi connectivity index (χ3n) is 9.11. The fraction of sp³-hybridized carbons (Fsp3) is 1.00. The van der Waals surface area contributed by atoms with E-state index >= 15 is 0 Å². The van der Waals surface area contributed by atoms with Gasteiger partial charge >= 0.3 is 40.0 Å². The molecular formula is C24H37NaO25S2. The number of aliphatic hydroxyl groups excluding tert-OH is 8. The maximum Gasteiger partial charge on any atom is 1.00 e. The van der Waals surface area contributed by atoms with Crippen LogP contribution in [0.25, 0.3) is 0 Å². The van der Waals surface area contributed by atoms with Crippen molar-refractivity contribution in [3.05, 3.63) is 0 Å². The molecule has 6 heterocycles. The van der Waals surface area contributed by atoms with E-state index in [1.165, 1.54) is 0 Å².